The SMILES string of the molecule is CN=C(NCc1ccc(-n2cccn2)cc1)NCc1ccccc1Cn1cccn1.I. The predicted octanol–water partition coefficient (Wildman–Crippen LogP) is 3.60. The quantitative estimate of drug-likeness (QED) is 0.219. The van der Waals surface area contributed by atoms with Crippen molar-refractivity contribution in [3.05, 3.63) is 102 Å². The smallest absolute Gasteiger partial charge is 0.191 e. The van der Waals surface area contributed by atoms with Crippen LogP contribution in [0.5, 0.6) is 0 Å². The summed E-state index contributed by atoms with van der Waals surface area (Å²) in [4.78, 5) is 4.34. The van der Waals surface area contributed by atoms with E-state index in [4.69, 9.17) is 0 Å². The minimum Gasteiger partial charge on any atom is -0.352 e. The Morgan fingerprint density at radius 2 is 1.55 bits per heavy atom. The van der Waals surface area contributed by atoms with Crippen molar-refractivity contribution in [2.75, 3.05) is 7.05 Å². The van der Waals surface area contributed by atoms with Gasteiger partial charge in [0, 0.05) is 44.9 Å². The molecule has 31 heavy (non-hydrogen) atoms. The Hall–Kier alpha value is -3.14. The van der Waals surface area contributed by atoms with Crippen molar-refractivity contribution in [1.29, 1.82) is 0 Å². The van der Waals surface area contributed by atoms with Gasteiger partial charge in [-0.2, -0.15) is 10.2 Å². The van der Waals surface area contributed by atoms with Gasteiger partial charge in [0.2, 0.25) is 0 Å². The molecule has 0 aliphatic rings. The zero-order chi connectivity index (χ0) is 20.6. The van der Waals surface area contributed by atoms with Crippen LogP contribution >= 0.6 is 24.0 Å². The topological polar surface area (TPSA) is 72.1 Å². The lowest BCUT2D eigenvalue weighted by molar-refractivity contribution is 0.677. The summed E-state index contributed by atoms with van der Waals surface area (Å²) < 4.78 is 3.78. The van der Waals surface area contributed by atoms with Gasteiger partial charge in [0.05, 0.1) is 12.2 Å². The van der Waals surface area contributed by atoms with Crippen LogP contribution in [0, 0.1) is 0 Å². The Morgan fingerprint density at radius 3 is 2.23 bits per heavy atom. The standard InChI is InChI=1S/C23H25N7.HI/c1-24-23(25-16-19-8-10-22(11-9-19)30-15-5-13-28-30)26-17-20-6-2-3-7-21(20)18-29-14-4-12-27-29;/h2-15H,16-18H2,1H3,(H2,24,25,26);1H. The molecule has 8 heteroatoms. The van der Waals surface area contributed by atoms with Crippen molar-refractivity contribution in [3.8, 4) is 5.69 Å². The summed E-state index contributed by atoms with van der Waals surface area (Å²) in [5.74, 6) is 0.764. The van der Waals surface area contributed by atoms with Crippen molar-refractivity contribution in [2.45, 2.75) is 19.6 Å². The Kier molecular flexibility index (Phi) is 8.22. The molecule has 0 unspecified atom stereocenters. The van der Waals surface area contributed by atoms with Gasteiger partial charge in [0.1, 0.15) is 0 Å². The van der Waals surface area contributed by atoms with Gasteiger partial charge in [0.25, 0.3) is 0 Å². The van der Waals surface area contributed by atoms with Crippen LogP contribution in [0.25, 0.3) is 5.69 Å². The van der Waals surface area contributed by atoms with E-state index in [1.165, 1.54) is 16.7 Å². The lowest BCUT2D eigenvalue weighted by atomic mass is 10.1. The fraction of sp³-hybridized carbons (Fsp3) is 0.174. The van der Waals surface area contributed by atoms with E-state index in [1.807, 2.05) is 33.9 Å². The van der Waals surface area contributed by atoms with Gasteiger partial charge < -0.3 is 10.6 Å². The molecule has 0 radical (unpaired) electrons. The second kappa shape index (κ2) is 11.3. The van der Waals surface area contributed by atoms with Gasteiger partial charge >= 0.3 is 0 Å². The number of nitrogens with zero attached hydrogens (tertiary/aromatic N) is 5. The summed E-state index contributed by atoms with van der Waals surface area (Å²) in [5.41, 5.74) is 4.67. The van der Waals surface area contributed by atoms with E-state index >= 15 is 0 Å². The van der Waals surface area contributed by atoms with Crippen molar-refractivity contribution >= 4 is 29.9 Å². The molecule has 0 saturated carbocycles. The average Bonchev–Trinajstić information content (AvgIpc) is 3.50. The van der Waals surface area contributed by atoms with Crippen molar-refractivity contribution in [2.24, 2.45) is 4.99 Å². The fourth-order valence-electron chi connectivity index (χ4n) is 3.23. The summed E-state index contributed by atoms with van der Waals surface area (Å²) >= 11 is 0. The number of hydrogen-bond donors (Lipinski definition) is 2. The zero-order valence-electron chi connectivity index (χ0n) is 17.3. The lowest BCUT2D eigenvalue weighted by Crippen LogP contribution is -2.36. The van der Waals surface area contributed by atoms with E-state index in [9.17, 15) is 0 Å². The number of aromatic nitrogens is 4. The molecule has 0 amide bonds. The highest BCUT2D eigenvalue weighted by Gasteiger charge is 2.05. The van der Waals surface area contributed by atoms with E-state index in [-0.39, 0.29) is 24.0 Å². The van der Waals surface area contributed by atoms with E-state index in [1.54, 1.807) is 19.4 Å². The van der Waals surface area contributed by atoms with Gasteiger partial charge in [-0.1, -0.05) is 36.4 Å². The van der Waals surface area contributed by atoms with Crippen LogP contribution in [0.15, 0.2) is 90.4 Å². The Bertz CT molecular complexity index is 1070. The first-order valence-corrected chi connectivity index (χ1v) is 9.89. The highest BCUT2D eigenvalue weighted by molar-refractivity contribution is 14.0. The zero-order valence-corrected chi connectivity index (χ0v) is 19.7. The highest BCUT2D eigenvalue weighted by Crippen LogP contribution is 2.11. The number of aliphatic imine (C=N–C) groups is 1. The van der Waals surface area contributed by atoms with Crippen LogP contribution in [-0.4, -0.2) is 32.6 Å². The van der Waals surface area contributed by atoms with E-state index < -0.39 is 0 Å². The first-order chi connectivity index (χ1) is 14.8. The number of halogens is 1. The Labute approximate surface area is 199 Å². The molecule has 0 spiro atoms. The summed E-state index contributed by atoms with van der Waals surface area (Å²) in [5, 5.41) is 15.3. The maximum atomic E-state index is 4.34. The van der Waals surface area contributed by atoms with Crippen LogP contribution in [-0.2, 0) is 19.6 Å². The average molecular weight is 527 g/mol. The molecule has 160 valence electrons. The molecule has 0 fully saturated rings. The molecule has 0 saturated heterocycles. The molecule has 0 aliphatic heterocycles. The largest absolute Gasteiger partial charge is 0.352 e. The second-order valence-corrected chi connectivity index (χ2v) is 6.87. The molecule has 7 nitrogen and oxygen atoms in total. The summed E-state index contributed by atoms with van der Waals surface area (Å²) in [6, 6.07) is 20.5. The summed E-state index contributed by atoms with van der Waals surface area (Å²) in [7, 11) is 1.78. The third-order valence-corrected chi connectivity index (χ3v) is 4.85. The summed E-state index contributed by atoms with van der Waals surface area (Å²) in [6.07, 6.45) is 7.48. The lowest BCUT2D eigenvalue weighted by Gasteiger charge is -2.14. The van der Waals surface area contributed by atoms with Gasteiger partial charge in [-0.15, -0.1) is 24.0 Å². The third-order valence-electron chi connectivity index (χ3n) is 4.85. The maximum Gasteiger partial charge on any atom is 0.191 e. The number of guanidine groups is 1. The van der Waals surface area contributed by atoms with Crippen molar-refractivity contribution in [1.82, 2.24) is 30.2 Å². The van der Waals surface area contributed by atoms with Crippen LogP contribution in [0.1, 0.15) is 16.7 Å². The summed E-state index contributed by atoms with van der Waals surface area (Å²) in [6.45, 7) is 2.13. The number of nitrogens with one attached hydrogen (secondary N) is 2. The number of hydrogen-bond acceptors (Lipinski definition) is 3. The molecule has 4 rings (SSSR count). The minimum atomic E-state index is 0. The molecule has 2 heterocycles. The molecule has 0 atom stereocenters. The van der Waals surface area contributed by atoms with Gasteiger partial charge in [-0.25, -0.2) is 4.68 Å². The molecule has 0 bridgehead atoms. The maximum absolute atomic E-state index is 4.34. The number of benzene rings is 2. The molecule has 2 N–H and O–H groups in total. The van der Waals surface area contributed by atoms with Crippen molar-refractivity contribution < 1.29 is 0 Å². The molecule has 2 aromatic carbocycles. The third kappa shape index (κ3) is 6.17. The van der Waals surface area contributed by atoms with E-state index in [0.29, 0.717) is 13.1 Å². The molecular formula is C23H26IN7. The van der Waals surface area contributed by atoms with Crippen LogP contribution < -0.4 is 10.6 Å². The molecule has 4 aromatic rings. The predicted molar refractivity (Wildman–Crippen MR) is 134 cm³/mol. The highest BCUT2D eigenvalue weighted by atomic mass is 127. The molecule has 0 aliphatic carbocycles. The Balaban J connectivity index is 0.00000272. The first kappa shape index (κ1) is 22.5. The van der Waals surface area contributed by atoms with Crippen LogP contribution in [0.2, 0.25) is 0 Å². The fourth-order valence-corrected chi connectivity index (χ4v) is 3.23. The first-order valence-electron chi connectivity index (χ1n) is 9.89. The molecule has 2 aromatic heterocycles. The minimum absolute atomic E-state index is 0. The van der Waals surface area contributed by atoms with Gasteiger partial charge in [-0.05, 0) is 41.0 Å². The van der Waals surface area contributed by atoms with Gasteiger partial charge in [-0.3, -0.25) is 9.67 Å². The monoisotopic (exact) mass is 527 g/mol. The van der Waals surface area contributed by atoms with Crippen LogP contribution in [0.4, 0.5) is 0 Å². The second-order valence-electron chi connectivity index (χ2n) is 6.87. The van der Waals surface area contributed by atoms with Gasteiger partial charge in [0.15, 0.2) is 5.96 Å². The normalized spacial score (nSPS) is 11.1. The molecular weight excluding hydrogens is 501 g/mol. The van der Waals surface area contributed by atoms with Crippen LogP contribution in [0.3, 0.4) is 0 Å². The van der Waals surface area contributed by atoms with E-state index in [2.05, 4.69) is 74.4 Å². The number of rotatable bonds is 7. The van der Waals surface area contributed by atoms with E-state index in [0.717, 1.165) is 18.2 Å². The van der Waals surface area contributed by atoms with Crippen molar-refractivity contribution in [3.63, 3.8) is 0 Å². The Morgan fingerprint density at radius 1 is 0.839 bits per heavy atom.